The number of hydrogen-bond donors (Lipinski definition) is 1. The molecule has 2 aromatic rings. The molecule has 5 heteroatoms. The van der Waals surface area contributed by atoms with Gasteiger partial charge in [0.25, 0.3) is 0 Å². The van der Waals surface area contributed by atoms with Crippen molar-refractivity contribution < 1.29 is 14.6 Å². The summed E-state index contributed by atoms with van der Waals surface area (Å²) in [5.41, 5.74) is 2.82. The van der Waals surface area contributed by atoms with Gasteiger partial charge in [0.05, 0.1) is 18.7 Å². The standard InChI is InChI=1S/C22H26N2O3/c1-14-2-4-15(5-3-14)13-27-18-8-17(11-23-12-18)16-6-7-24-21(9-16)19-10-20(19)22(25)26/h6-9,11-12,14-15,19-20H,2-5,10,13H2,1H3,(H,25,26)/t14?,15?,19-,20-/m0/s1. The normalized spacial score (nSPS) is 27.1. The first-order valence-corrected chi connectivity index (χ1v) is 9.87. The minimum Gasteiger partial charge on any atom is -0.492 e. The van der Waals surface area contributed by atoms with Gasteiger partial charge in [-0.3, -0.25) is 14.8 Å². The van der Waals surface area contributed by atoms with E-state index in [-0.39, 0.29) is 11.8 Å². The number of hydrogen-bond acceptors (Lipinski definition) is 4. The van der Waals surface area contributed by atoms with Gasteiger partial charge in [-0.1, -0.05) is 19.8 Å². The molecule has 27 heavy (non-hydrogen) atoms. The molecule has 2 heterocycles. The molecule has 4 rings (SSSR count). The highest BCUT2D eigenvalue weighted by molar-refractivity contribution is 5.75. The highest BCUT2D eigenvalue weighted by atomic mass is 16.5. The Morgan fingerprint density at radius 3 is 2.74 bits per heavy atom. The maximum Gasteiger partial charge on any atom is 0.307 e. The van der Waals surface area contributed by atoms with Crippen molar-refractivity contribution in [2.24, 2.45) is 17.8 Å². The third-order valence-electron chi connectivity index (χ3n) is 5.94. The molecular formula is C22H26N2O3. The van der Waals surface area contributed by atoms with E-state index in [4.69, 9.17) is 9.84 Å². The van der Waals surface area contributed by atoms with Crippen molar-refractivity contribution in [1.29, 1.82) is 0 Å². The minimum absolute atomic E-state index is 0.0311. The molecule has 2 saturated carbocycles. The smallest absolute Gasteiger partial charge is 0.307 e. The van der Waals surface area contributed by atoms with Crippen LogP contribution in [0.2, 0.25) is 0 Å². The van der Waals surface area contributed by atoms with Gasteiger partial charge in [0.15, 0.2) is 0 Å². The Kier molecular flexibility index (Phi) is 5.10. The summed E-state index contributed by atoms with van der Waals surface area (Å²) in [7, 11) is 0. The fourth-order valence-electron chi connectivity index (χ4n) is 3.99. The van der Waals surface area contributed by atoms with Crippen LogP contribution in [0.5, 0.6) is 5.75 Å². The van der Waals surface area contributed by atoms with Crippen LogP contribution < -0.4 is 4.74 Å². The van der Waals surface area contributed by atoms with Gasteiger partial charge in [-0.05, 0) is 54.9 Å². The summed E-state index contributed by atoms with van der Waals surface area (Å²) >= 11 is 0. The lowest BCUT2D eigenvalue weighted by Crippen LogP contribution is -2.18. The summed E-state index contributed by atoms with van der Waals surface area (Å²) in [6.07, 6.45) is 11.1. The van der Waals surface area contributed by atoms with E-state index in [1.54, 1.807) is 12.4 Å². The largest absolute Gasteiger partial charge is 0.492 e. The lowest BCUT2D eigenvalue weighted by Gasteiger charge is -2.26. The van der Waals surface area contributed by atoms with Crippen LogP contribution in [-0.4, -0.2) is 27.7 Å². The monoisotopic (exact) mass is 366 g/mol. The molecule has 5 nitrogen and oxygen atoms in total. The molecule has 2 fully saturated rings. The van der Waals surface area contributed by atoms with E-state index in [2.05, 4.69) is 16.9 Å². The van der Waals surface area contributed by atoms with Gasteiger partial charge in [0, 0.05) is 29.6 Å². The van der Waals surface area contributed by atoms with E-state index in [0.29, 0.717) is 12.3 Å². The number of rotatable bonds is 6. The highest BCUT2D eigenvalue weighted by Crippen LogP contribution is 2.47. The van der Waals surface area contributed by atoms with Crippen LogP contribution in [0.4, 0.5) is 0 Å². The van der Waals surface area contributed by atoms with Gasteiger partial charge >= 0.3 is 5.97 Å². The molecule has 0 bridgehead atoms. The van der Waals surface area contributed by atoms with E-state index >= 15 is 0 Å². The van der Waals surface area contributed by atoms with E-state index in [9.17, 15) is 4.79 Å². The van der Waals surface area contributed by atoms with E-state index in [0.717, 1.165) is 35.1 Å². The lowest BCUT2D eigenvalue weighted by atomic mass is 9.83. The predicted octanol–water partition coefficient (Wildman–Crippen LogP) is 4.54. The Hall–Kier alpha value is -2.43. The van der Waals surface area contributed by atoms with Crippen molar-refractivity contribution in [3.8, 4) is 16.9 Å². The van der Waals surface area contributed by atoms with Crippen molar-refractivity contribution in [2.45, 2.75) is 44.9 Å². The van der Waals surface area contributed by atoms with Crippen molar-refractivity contribution >= 4 is 5.97 Å². The van der Waals surface area contributed by atoms with E-state index < -0.39 is 5.97 Å². The van der Waals surface area contributed by atoms with Crippen molar-refractivity contribution in [1.82, 2.24) is 9.97 Å². The molecule has 0 unspecified atom stereocenters. The number of pyridine rings is 2. The Bertz CT molecular complexity index is 815. The zero-order valence-electron chi connectivity index (χ0n) is 15.7. The molecule has 2 atom stereocenters. The molecule has 2 aliphatic carbocycles. The van der Waals surface area contributed by atoms with Gasteiger partial charge in [-0.25, -0.2) is 0 Å². The zero-order valence-corrected chi connectivity index (χ0v) is 15.7. The van der Waals surface area contributed by atoms with Crippen molar-refractivity contribution in [3.05, 3.63) is 42.5 Å². The second-order valence-corrected chi connectivity index (χ2v) is 8.10. The first-order chi connectivity index (χ1) is 13.1. The Balaban J connectivity index is 1.42. The summed E-state index contributed by atoms with van der Waals surface area (Å²) in [4.78, 5) is 19.8. The molecule has 0 radical (unpaired) electrons. The number of aromatic nitrogens is 2. The predicted molar refractivity (Wildman–Crippen MR) is 103 cm³/mol. The number of nitrogens with zero attached hydrogens (tertiary/aromatic N) is 2. The molecule has 2 aliphatic rings. The average molecular weight is 366 g/mol. The van der Waals surface area contributed by atoms with Gasteiger partial charge in [-0.15, -0.1) is 0 Å². The maximum atomic E-state index is 11.1. The van der Waals surface area contributed by atoms with E-state index in [1.807, 2.05) is 24.4 Å². The Morgan fingerprint density at radius 1 is 1.19 bits per heavy atom. The number of carboxylic acids is 1. The summed E-state index contributed by atoms with van der Waals surface area (Å²) in [5, 5.41) is 9.13. The lowest BCUT2D eigenvalue weighted by molar-refractivity contribution is -0.138. The second kappa shape index (κ2) is 7.67. The molecule has 0 saturated heterocycles. The first-order valence-electron chi connectivity index (χ1n) is 9.87. The zero-order chi connectivity index (χ0) is 18.8. The van der Waals surface area contributed by atoms with Gasteiger partial charge < -0.3 is 9.84 Å². The summed E-state index contributed by atoms with van der Waals surface area (Å²) < 4.78 is 6.03. The molecule has 0 amide bonds. The summed E-state index contributed by atoms with van der Waals surface area (Å²) in [6, 6.07) is 5.93. The van der Waals surface area contributed by atoms with Crippen LogP contribution >= 0.6 is 0 Å². The number of ether oxygens (including phenoxy) is 1. The van der Waals surface area contributed by atoms with Crippen LogP contribution in [0.3, 0.4) is 0 Å². The fraction of sp³-hybridized carbons (Fsp3) is 0.500. The third kappa shape index (κ3) is 4.29. The molecule has 142 valence electrons. The second-order valence-electron chi connectivity index (χ2n) is 8.10. The van der Waals surface area contributed by atoms with Crippen LogP contribution in [-0.2, 0) is 4.79 Å². The topological polar surface area (TPSA) is 72.3 Å². The first kappa shape index (κ1) is 18.0. The summed E-state index contributed by atoms with van der Waals surface area (Å²) in [6.45, 7) is 3.08. The quantitative estimate of drug-likeness (QED) is 0.813. The Morgan fingerprint density at radius 2 is 2.00 bits per heavy atom. The molecule has 2 aromatic heterocycles. The fourth-order valence-corrected chi connectivity index (χ4v) is 3.99. The summed E-state index contributed by atoms with van der Waals surface area (Å²) in [5.74, 6) is 1.28. The number of carboxylic acid groups (broad SMARTS) is 1. The SMILES string of the molecule is CC1CCC(COc2cncc(-c3ccnc([C@H]4C[C@@H]4C(=O)O)c3)c2)CC1. The van der Waals surface area contributed by atoms with Crippen LogP contribution in [0.25, 0.3) is 11.1 Å². The minimum atomic E-state index is -0.735. The van der Waals surface area contributed by atoms with Crippen LogP contribution in [0, 0.1) is 17.8 Å². The molecule has 0 aliphatic heterocycles. The van der Waals surface area contributed by atoms with Gasteiger partial charge in [0.2, 0.25) is 0 Å². The maximum absolute atomic E-state index is 11.1. The van der Waals surface area contributed by atoms with Crippen LogP contribution in [0.1, 0.15) is 50.6 Å². The number of carbonyl (C=O) groups is 1. The molecule has 0 aromatic carbocycles. The van der Waals surface area contributed by atoms with Crippen LogP contribution in [0.15, 0.2) is 36.8 Å². The van der Waals surface area contributed by atoms with Gasteiger partial charge in [-0.2, -0.15) is 0 Å². The average Bonchev–Trinajstić information content (AvgIpc) is 3.49. The molecular weight excluding hydrogens is 340 g/mol. The third-order valence-corrected chi connectivity index (χ3v) is 5.94. The number of aliphatic carboxylic acids is 1. The molecule has 1 N–H and O–H groups in total. The van der Waals surface area contributed by atoms with E-state index in [1.165, 1.54) is 25.7 Å². The highest BCUT2D eigenvalue weighted by Gasteiger charge is 2.45. The van der Waals surface area contributed by atoms with Crippen molar-refractivity contribution in [2.75, 3.05) is 6.61 Å². The van der Waals surface area contributed by atoms with Gasteiger partial charge in [0.1, 0.15) is 5.75 Å². The Labute approximate surface area is 159 Å². The van der Waals surface area contributed by atoms with Crippen molar-refractivity contribution in [3.63, 3.8) is 0 Å². The molecule has 0 spiro atoms.